The molecule has 1 fully saturated rings. The summed E-state index contributed by atoms with van der Waals surface area (Å²) in [4.78, 5) is 28.3. The molecule has 1 aliphatic rings. The molecule has 8 heteroatoms. The maximum atomic E-state index is 13.2. The third-order valence-electron chi connectivity index (χ3n) is 6.88. The fourth-order valence-electron chi connectivity index (χ4n) is 4.80. The zero-order valence-corrected chi connectivity index (χ0v) is 23.4. The number of ether oxygens (including phenoxy) is 1. The number of Topliss-reactive ketones (excluding diaryl/α,β-unsaturated/α-hetero) is 1. The van der Waals surface area contributed by atoms with Gasteiger partial charge in [0.15, 0.2) is 0 Å². The summed E-state index contributed by atoms with van der Waals surface area (Å²) < 4.78 is 19.1. The monoisotopic (exact) mass is 552 g/mol. The van der Waals surface area contributed by atoms with Crippen LogP contribution in [0.5, 0.6) is 5.75 Å². The Kier molecular flexibility index (Phi) is 8.45. The third kappa shape index (κ3) is 6.67. The number of aliphatic hydroxyl groups is 1. The van der Waals surface area contributed by atoms with Gasteiger partial charge in [0.2, 0.25) is 5.78 Å². The van der Waals surface area contributed by atoms with Crippen LogP contribution >= 0.6 is 11.6 Å². The number of nitrogens with zero attached hydrogens (tertiary/aromatic N) is 1. The van der Waals surface area contributed by atoms with Crippen LogP contribution in [-0.2, 0) is 4.79 Å². The van der Waals surface area contributed by atoms with E-state index in [4.69, 9.17) is 16.3 Å². The molecule has 206 valence electrons. The Labute approximate surface area is 233 Å². The standard InChI is InChI=1S/C31H34ClFN2O4/c1-30(2,3)39-26-16-13-23(19-25(26)32)28(37)31(4,35-17-5-6-18-35)34-29(38)27(36)22-9-7-20(8-10-22)21-11-14-24(33)15-12-21/h7-16,19,28,37H,5-6,17-18H2,1-4H3,(H,34,38)/t28-,31-/m1/s1. The largest absolute Gasteiger partial charge is 0.487 e. The topological polar surface area (TPSA) is 78.9 Å². The van der Waals surface area contributed by atoms with Gasteiger partial charge in [0.1, 0.15) is 28.9 Å². The number of ketones is 1. The van der Waals surface area contributed by atoms with Crippen molar-refractivity contribution < 1.29 is 23.8 Å². The second-order valence-electron chi connectivity index (χ2n) is 11.0. The summed E-state index contributed by atoms with van der Waals surface area (Å²) >= 11 is 6.48. The molecule has 6 nitrogen and oxygen atoms in total. The summed E-state index contributed by atoms with van der Waals surface area (Å²) in [6, 6.07) is 17.6. The number of amides is 1. The SMILES string of the molecule is CC(C)(C)Oc1ccc([C@@H](O)[C@](C)(NC(=O)C(=O)c2ccc(-c3ccc(F)cc3)cc2)N2CCCC2)cc1Cl. The molecule has 2 atom stereocenters. The van der Waals surface area contributed by atoms with Crippen LogP contribution in [0.3, 0.4) is 0 Å². The summed E-state index contributed by atoms with van der Waals surface area (Å²) in [6.07, 6.45) is 0.654. The first-order valence-electron chi connectivity index (χ1n) is 13.0. The van der Waals surface area contributed by atoms with Crippen molar-refractivity contribution in [2.45, 2.75) is 57.9 Å². The minimum absolute atomic E-state index is 0.211. The summed E-state index contributed by atoms with van der Waals surface area (Å²) in [6.45, 7) is 8.79. The van der Waals surface area contributed by atoms with Gasteiger partial charge >= 0.3 is 0 Å². The first-order chi connectivity index (χ1) is 18.4. The van der Waals surface area contributed by atoms with Gasteiger partial charge in [-0.3, -0.25) is 14.5 Å². The van der Waals surface area contributed by atoms with Gasteiger partial charge in [0, 0.05) is 18.7 Å². The Balaban J connectivity index is 1.55. The lowest BCUT2D eigenvalue weighted by atomic mass is 9.94. The molecule has 39 heavy (non-hydrogen) atoms. The quantitative estimate of drug-likeness (QED) is 0.258. The van der Waals surface area contributed by atoms with Crippen LogP contribution in [0.1, 0.15) is 62.6 Å². The normalized spacial score (nSPS) is 16.4. The van der Waals surface area contributed by atoms with Crippen LogP contribution in [0.15, 0.2) is 66.7 Å². The first-order valence-corrected chi connectivity index (χ1v) is 13.4. The van der Waals surface area contributed by atoms with Gasteiger partial charge in [-0.05, 0) is 81.5 Å². The highest BCUT2D eigenvalue weighted by Gasteiger charge is 2.43. The molecule has 3 aromatic carbocycles. The lowest BCUT2D eigenvalue weighted by Gasteiger charge is -2.43. The second-order valence-corrected chi connectivity index (χ2v) is 11.4. The lowest BCUT2D eigenvalue weighted by Crippen LogP contribution is -2.62. The van der Waals surface area contributed by atoms with E-state index >= 15 is 0 Å². The van der Waals surface area contributed by atoms with Gasteiger partial charge in [0.25, 0.3) is 5.91 Å². The highest BCUT2D eigenvalue weighted by molar-refractivity contribution is 6.43. The molecule has 0 aromatic heterocycles. The van der Waals surface area contributed by atoms with Crippen LogP contribution in [-0.4, -0.2) is 46.1 Å². The van der Waals surface area contributed by atoms with Gasteiger partial charge in [-0.2, -0.15) is 0 Å². The average molecular weight is 553 g/mol. The van der Waals surface area contributed by atoms with Crippen molar-refractivity contribution in [3.05, 3.63) is 88.7 Å². The zero-order valence-electron chi connectivity index (χ0n) is 22.6. The van der Waals surface area contributed by atoms with Gasteiger partial charge in [-0.15, -0.1) is 0 Å². The lowest BCUT2D eigenvalue weighted by molar-refractivity contribution is -0.125. The highest BCUT2D eigenvalue weighted by Crippen LogP contribution is 2.36. The number of carbonyl (C=O) groups is 2. The number of carbonyl (C=O) groups excluding carboxylic acids is 2. The maximum absolute atomic E-state index is 13.2. The van der Waals surface area contributed by atoms with E-state index in [0.29, 0.717) is 29.4 Å². The molecule has 0 radical (unpaired) electrons. The van der Waals surface area contributed by atoms with Crippen molar-refractivity contribution in [1.82, 2.24) is 10.2 Å². The van der Waals surface area contributed by atoms with E-state index in [9.17, 15) is 19.1 Å². The van der Waals surface area contributed by atoms with Gasteiger partial charge < -0.3 is 15.2 Å². The molecule has 0 aliphatic carbocycles. The number of aliphatic hydroxyl groups excluding tert-OH is 1. The first kappa shape index (κ1) is 28.7. The second kappa shape index (κ2) is 11.5. The van der Waals surface area contributed by atoms with E-state index in [0.717, 1.165) is 24.0 Å². The third-order valence-corrected chi connectivity index (χ3v) is 7.18. The highest BCUT2D eigenvalue weighted by atomic mass is 35.5. The molecule has 4 rings (SSSR count). The van der Waals surface area contributed by atoms with Crippen molar-refractivity contribution in [2.24, 2.45) is 0 Å². The average Bonchev–Trinajstić information content (AvgIpc) is 3.45. The van der Waals surface area contributed by atoms with Crippen LogP contribution in [0.4, 0.5) is 4.39 Å². The van der Waals surface area contributed by atoms with Crippen LogP contribution in [0, 0.1) is 5.82 Å². The van der Waals surface area contributed by atoms with E-state index in [1.165, 1.54) is 12.1 Å². The molecule has 0 bridgehead atoms. The molecule has 0 saturated carbocycles. The van der Waals surface area contributed by atoms with Crippen molar-refractivity contribution in [3.63, 3.8) is 0 Å². The van der Waals surface area contributed by atoms with Gasteiger partial charge in [-0.1, -0.05) is 54.1 Å². The van der Waals surface area contributed by atoms with E-state index < -0.39 is 29.1 Å². The van der Waals surface area contributed by atoms with Gasteiger partial charge in [-0.25, -0.2) is 4.39 Å². The maximum Gasteiger partial charge on any atom is 0.293 e. The molecule has 1 heterocycles. The number of nitrogens with one attached hydrogen (secondary N) is 1. The fraction of sp³-hybridized carbons (Fsp3) is 0.355. The number of hydrogen-bond acceptors (Lipinski definition) is 5. The van der Waals surface area contributed by atoms with E-state index in [-0.39, 0.29) is 11.4 Å². The summed E-state index contributed by atoms with van der Waals surface area (Å²) in [5.41, 5.74) is 0.587. The summed E-state index contributed by atoms with van der Waals surface area (Å²) in [5, 5.41) is 14.7. The van der Waals surface area contributed by atoms with Crippen LogP contribution < -0.4 is 10.1 Å². The minimum atomic E-state index is -1.26. The van der Waals surface area contributed by atoms with Crippen molar-refractivity contribution in [3.8, 4) is 16.9 Å². The van der Waals surface area contributed by atoms with Crippen molar-refractivity contribution in [1.29, 1.82) is 0 Å². The predicted octanol–water partition coefficient (Wildman–Crippen LogP) is 6.17. The molecule has 1 amide bonds. The molecular formula is C31H34ClFN2O4. The van der Waals surface area contributed by atoms with E-state index in [1.54, 1.807) is 61.5 Å². The minimum Gasteiger partial charge on any atom is -0.487 e. The Morgan fingerprint density at radius 2 is 1.51 bits per heavy atom. The van der Waals surface area contributed by atoms with Crippen molar-refractivity contribution in [2.75, 3.05) is 13.1 Å². The predicted molar refractivity (Wildman–Crippen MR) is 150 cm³/mol. The zero-order chi connectivity index (χ0) is 28.4. The smallest absolute Gasteiger partial charge is 0.293 e. The number of hydrogen-bond donors (Lipinski definition) is 2. The van der Waals surface area contributed by atoms with E-state index in [2.05, 4.69) is 5.32 Å². The van der Waals surface area contributed by atoms with Gasteiger partial charge in [0.05, 0.1) is 5.02 Å². The molecule has 3 aromatic rings. The Hall–Kier alpha value is -3.26. The fourth-order valence-corrected chi connectivity index (χ4v) is 5.03. The summed E-state index contributed by atoms with van der Waals surface area (Å²) in [7, 11) is 0. The molecular weight excluding hydrogens is 519 g/mol. The Morgan fingerprint density at radius 3 is 2.05 bits per heavy atom. The summed E-state index contributed by atoms with van der Waals surface area (Å²) in [5.74, 6) is -1.38. The molecule has 1 aliphatic heterocycles. The van der Waals surface area contributed by atoms with Crippen molar-refractivity contribution >= 4 is 23.3 Å². The Bertz CT molecular complexity index is 1330. The van der Waals surface area contributed by atoms with E-state index in [1.807, 2.05) is 25.7 Å². The molecule has 2 N–H and O–H groups in total. The molecule has 1 saturated heterocycles. The number of rotatable bonds is 8. The molecule has 0 spiro atoms. The molecule has 0 unspecified atom stereocenters. The van der Waals surface area contributed by atoms with Crippen LogP contribution in [0.25, 0.3) is 11.1 Å². The number of benzene rings is 3. The number of likely N-dealkylation sites (tertiary alicyclic amines) is 1. The Morgan fingerprint density at radius 1 is 0.949 bits per heavy atom. The van der Waals surface area contributed by atoms with Crippen LogP contribution in [0.2, 0.25) is 5.02 Å². The number of halogens is 2.